The van der Waals surface area contributed by atoms with Gasteiger partial charge in [0.1, 0.15) is 5.41 Å². The number of aliphatic carboxylic acids is 1. The standard InChI is InChI=1S/C14H18N2O3S/c1-9-8-20-11(15-9)10-3-2-6-16(7-10)12(17)14(4-5-14)13(18)19/h8,10H,2-7H2,1H3,(H,18,19). The van der Waals surface area contributed by atoms with Gasteiger partial charge in [-0.15, -0.1) is 11.3 Å². The number of likely N-dealkylation sites (tertiary alicyclic amines) is 1. The highest BCUT2D eigenvalue weighted by molar-refractivity contribution is 7.09. The summed E-state index contributed by atoms with van der Waals surface area (Å²) >= 11 is 1.63. The van der Waals surface area contributed by atoms with Gasteiger partial charge in [0.25, 0.3) is 0 Å². The second-order valence-electron chi connectivity index (χ2n) is 5.80. The molecular weight excluding hydrogens is 276 g/mol. The fourth-order valence-electron chi connectivity index (χ4n) is 2.87. The minimum atomic E-state index is -1.11. The molecule has 1 aromatic heterocycles. The highest BCUT2D eigenvalue weighted by Crippen LogP contribution is 2.48. The summed E-state index contributed by atoms with van der Waals surface area (Å²) in [7, 11) is 0. The van der Waals surface area contributed by atoms with Crippen molar-refractivity contribution in [2.45, 2.75) is 38.5 Å². The molecule has 1 aromatic rings. The Morgan fingerprint density at radius 2 is 2.25 bits per heavy atom. The number of aromatic nitrogens is 1. The second kappa shape index (κ2) is 4.84. The van der Waals surface area contributed by atoms with Crippen LogP contribution in [0.5, 0.6) is 0 Å². The zero-order chi connectivity index (χ0) is 14.3. The summed E-state index contributed by atoms with van der Waals surface area (Å²) in [6, 6.07) is 0. The average molecular weight is 294 g/mol. The van der Waals surface area contributed by atoms with Gasteiger partial charge in [0.2, 0.25) is 5.91 Å². The molecule has 5 nitrogen and oxygen atoms in total. The van der Waals surface area contributed by atoms with Crippen molar-refractivity contribution in [3.8, 4) is 0 Å². The number of hydrogen-bond acceptors (Lipinski definition) is 4. The molecule has 0 radical (unpaired) electrons. The number of carbonyl (C=O) groups excluding carboxylic acids is 1. The minimum Gasteiger partial charge on any atom is -0.480 e. The lowest BCUT2D eigenvalue weighted by molar-refractivity contribution is -0.154. The molecule has 6 heteroatoms. The molecule has 2 fully saturated rings. The quantitative estimate of drug-likeness (QED) is 0.866. The summed E-state index contributed by atoms with van der Waals surface area (Å²) < 4.78 is 0. The predicted octanol–water partition coefficient (Wildman–Crippen LogP) is 2.02. The molecule has 1 unspecified atom stereocenters. The highest BCUT2D eigenvalue weighted by atomic mass is 32.1. The molecule has 3 rings (SSSR count). The minimum absolute atomic E-state index is 0.192. The van der Waals surface area contributed by atoms with E-state index in [1.807, 2.05) is 12.3 Å². The van der Waals surface area contributed by atoms with E-state index in [1.165, 1.54) is 0 Å². The Kier molecular flexibility index (Phi) is 3.28. The molecule has 108 valence electrons. The molecule has 1 atom stereocenters. The van der Waals surface area contributed by atoms with E-state index >= 15 is 0 Å². The van der Waals surface area contributed by atoms with Gasteiger partial charge in [0.05, 0.1) is 5.01 Å². The summed E-state index contributed by atoms with van der Waals surface area (Å²) in [4.78, 5) is 29.9. The van der Waals surface area contributed by atoms with Crippen LogP contribution in [0.1, 0.15) is 42.3 Å². The third-order valence-corrected chi connectivity index (χ3v) is 5.39. The van der Waals surface area contributed by atoms with Crippen LogP contribution >= 0.6 is 11.3 Å². The maximum Gasteiger partial charge on any atom is 0.319 e. The first-order valence-electron chi connectivity index (χ1n) is 6.98. The van der Waals surface area contributed by atoms with E-state index in [4.69, 9.17) is 0 Å². The van der Waals surface area contributed by atoms with E-state index in [0.29, 0.717) is 25.9 Å². The fraction of sp³-hybridized carbons (Fsp3) is 0.643. The largest absolute Gasteiger partial charge is 0.480 e. The van der Waals surface area contributed by atoms with E-state index in [1.54, 1.807) is 16.2 Å². The summed E-state index contributed by atoms with van der Waals surface area (Å²) in [6.07, 6.45) is 2.92. The van der Waals surface area contributed by atoms with Crippen LogP contribution in [-0.2, 0) is 9.59 Å². The second-order valence-corrected chi connectivity index (χ2v) is 6.69. The number of carboxylic acid groups (broad SMARTS) is 1. The Bertz CT molecular complexity index is 550. The van der Waals surface area contributed by atoms with Gasteiger partial charge in [0, 0.05) is 30.1 Å². The SMILES string of the molecule is Cc1csc(C2CCCN(C(=O)C3(C(=O)O)CC3)C2)n1. The van der Waals surface area contributed by atoms with Crippen molar-refractivity contribution in [1.29, 1.82) is 0 Å². The molecule has 2 aliphatic rings. The maximum atomic E-state index is 12.4. The van der Waals surface area contributed by atoms with Gasteiger partial charge in [-0.05, 0) is 32.6 Å². The first-order valence-corrected chi connectivity index (χ1v) is 7.86. The van der Waals surface area contributed by atoms with Crippen LogP contribution in [0.2, 0.25) is 0 Å². The van der Waals surface area contributed by atoms with Crippen molar-refractivity contribution in [1.82, 2.24) is 9.88 Å². The monoisotopic (exact) mass is 294 g/mol. The Morgan fingerprint density at radius 3 is 2.80 bits per heavy atom. The molecule has 2 heterocycles. The summed E-state index contributed by atoms with van der Waals surface area (Å²) in [6.45, 7) is 3.25. The van der Waals surface area contributed by atoms with Gasteiger partial charge in [-0.1, -0.05) is 0 Å². The number of nitrogens with zero attached hydrogens (tertiary/aromatic N) is 2. The Morgan fingerprint density at radius 1 is 1.50 bits per heavy atom. The predicted molar refractivity (Wildman–Crippen MR) is 74.7 cm³/mol. The van der Waals surface area contributed by atoms with Gasteiger partial charge in [-0.25, -0.2) is 4.98 Å². The number of thiazole rings is 1. The van der Waals surface area contributed by atoms with E-state index in [-0.39, 0.29) is 11.8 Å². The maximum absolute atomic E-state index is 12.4. The number of amides is 1. The highest BCUT2D eigenvalue weighted by Gasteiger charge is 2.58. The first-order chi connectivity index (χ1) is 9.53. The third kappa shape index (κ3) is 2.22. The van der Waals surface area contributed by atoms with Crippen molar-refractivity contribution in [2.24, 2.45) is 5.41 Å². The van der Waals surface area contributed by atoms with Crippen LogP contribution in [0.25, 0.3) is 0 Å². The topological polar surface area (TPSA) is 70.5 Å². The average Bonchev–Trinajstić information content (AvgIpc) is 3.15. The number of piperidine rings is 1. The molecule has 0 aromatic carbocycles. The van der Waals surface area contributed by atoms with Crippen LogP contribution in [-0.4, -0.2) is 40.0 Å². The Balaban J connectivity index is 1.72. The van der Waals surface area contributed by atoms with E-state index in [0.717, 1.165) is 23.5 Å². The summed E-state index contributed by atoms with van der Waals surface area (Å²) in [5.41, 5.74) is -0.0987. The van der Waals surface area contributed by atoms with E-state index in [2.05, 4.69) is 4.98 Å². The third-order valence-electron chi connectivity index (χ3n) is 4.26. The van der Waals surface area contributed by atoms with Gasteiger partial charge in [-0.3, -0.25) is 9.59 Å². The fourth-order valence-corrected chi connectivity index (χ4v) is 3.80. The molecule has 1 saturated heterocycles. The molecule has 1 aliphatic heterocycles. The molecular formula is C14H18N2O3S. The van der Waals surface area contributed by atoms with Gasteiger partial charge in [0.15, 0.2) is 0 Å². The smallest absolute Gasteiger partial charge is 0.319 e. The molecule has 0 spiro atoms. The van der Waals surface area contributed by atoms with Crippen LogP contribution in [0, 0.1) is 12.3 Å². The molecule has 1 saturated carbocycles. The zero-order valence-electron chi connectivity index (χ0n) is 11.5. The Hall–Kier alpha value is -1.43. The lowest BCUT2D eigenvalue weighted by Gasteiger charge is -2.33. The molecule has 0 bridgehead atoms. The van der Waals surface area contributed by atoms with Crippen molar-refractivity contribution < 1.29 is 14.7 Å². The van der Waals surface area contributed by atoms with Crippen LogP contribution in [0.3, 0.4) is 0 Å². The number of hydrogen-bond donors (Lipinski definition) is 1. The molecule has 1 aliphatic carbocycles. The molecule has 1 amide bonds. The van der Waals surface area contributed by atoms with Gasteiger partial charge >= 0.3 is 5.97 Å². The number of carboxylic acids is 1. The lowest BCUT2D eigenvalue weighted by Crippen LogP contribution is -2.45. The summed E-state index contributed by atoms with van der Waals surface area (Å²) in [5.74, 6) is -0.895. The van der Waals surface area contributed by atoms with E-state index < -0.39 is 11.4 Å². The van der Waals surface area contributed by atoms with Crippen molar-refractivity contribution in [2.75, 3.05) is 13.1 Å². The summed E-state index contributed by atoms with van der Waals surface area (Å²) in [5, 5.41) is 12.3. The van der Waals surface area contributed by atoms with Gasteiger partial charge in [-0.2, -0.15) is 0 Å². The van der Waals surface area contributed by atoms with Crippen molar-refractivity contribution >= 4 is 23.2 Å². The van der Waals surface area contributed by atoms with Crippen LogP contribution in [0.4, 0.5) is 0 Å². The van der Waals surface area contributed by atoms with Crippen molar-refractivity contribution in [3.63, 3.8) is 0 Å². The molecule has 20 heavy (non-hydrogen) atoms. The van der Waals surface area contributed by atoms with E-state index in [9.17, 15) is 14.7 Å². The van der Waals surface area contributed by atoms with Gasteiger partial charge < -0.3 is 10.0 Å². The number of aryl methyl sites for hydroxylation is 1. The lowest BCUT2D eigenvalue weighted by atomic mass is 9.96. The normalized spacial score (nSPS) is 24.4. The van der Waals surface area contributed by atoms with Crippen LogP contribution in [0.15, 0.2) is 5.38 Å². The Labute approximate surface area is 121 Å². The first kappa shape index (κ1) is 13.5. The molecule has 1 N–H and O–H groups in total. The van der Waals surface area contributed by atoms with Crippen molar-refractivity contribution in [3.05, 3.63) is 16.1 Å². The number of rotatable bonds is 3. The number of carbonyl (C=O) groups is 2. The zero-order valence-corrected chi connectivity index (χ0v) is 12.3. The van der Waals surface area contributed by atoms with Crippen LogP contribution < -0.4 is 0 Å².